The summed E-state index contributed by atoms with van der Waals surface area (Å²) in [4.78, 5) is 49.8. The fraction of sp³-hybridized carbons (Fsp3) is 0.525. The molecule has 0 amide bonds. The molecule has 10 heteroatoms. The number of carboxylic acids is 1. The number of rotatable bonds is 3. The minimum absolute atomic E-state index is 0.0383. The van der Waals surface area contributed by atoms with Crippen LogP contribution in [0.3, 0.4) is 0 Å². The first kappa shape index (κ1) is 42.5. The predicted octanol–water partition coefficient (Wildman–Crippen LogP) is 7.22. The quantitative estimate of drug-likeness (QED) is 0.0597. The van der Waals surface area contributed by atoms with E-state index in [1.807, 2.05) is 6.08 Å². The van der Waals surface area contributed by atoms with E-state index < -0.39 is 85.0 Å². The Labute approximate surface area is 402 Å². The minimum atomic E-state index is -1.84. The van der Waals surface area contributed by atoms with Gasteiger partial charge in [-0.25, -0.2) is 9.79 Å². The molecule has 4 fully saturated rings. The van der Waals surface area contributed by atoms with Gasteiger partial charge < -0.3 is 31.9 Å². The van der Waals surface area contributed by atoms with E-state index in [1.54, 1.807) is 6.92 Å². The molecule has 14 unspecified atom stereocenters. The summed E-state index contributed by atoms with van der Waals surface area (Å²) in [5.41, 5.74) is 9.62. The first-order chi connectivity index (χ1) is 32.9. The lowest BCUT2D eigenvalue weighted by molar-refractivity contribution is -0.177. The Balaban J connectivity index is 1.17. The highest BCUT2D eigenvalue weighted by Gasteiger charge is 2.91. The van der Waals surface area contributed by atoms with Gasteiger partial charge in [-0.1, -0.05) is 85.7 Å². The van der Waals surface area contributed by atoms with Crippen LogP contribution in [0, 0.1) is 68.5 Å². The number of nitrogens with two attached hydrogens (primary N) is 2. The maximum Gasteiger partial charge on any atom is 0.331 e. The summed E-state index contributed by atoms with van der Waals surface area (Å²) in [6.07, 6.45) is 20.7. The molecule has 8 bridgehead atoms. The first-order valence-electron chi connectivity index (χ1n) is 25.6. The van der Waals surface area contributed by atoms with Crippen LogP contribution in [0.1, 0.15) is 115 Å². The van der Waals surface area contributed by atoms with Gasteiger partial charge in [0.25, 0.3) is 0 Å². The second kappa shape index (κ2) is 12.8. The van der Waals surface area contributed by atoms with Crippen molar-refractivity contribution in [3.8, 4) is 11.8 Å². The van der Waals surface area contributed by atoms with Crippen LogP contribution in [0.2, 0.25) is 0 Å². The van der Waals surface area contributed by atoms with Gasteiger partial charge in [0, 0.05) is 81.7 Å². The zero-order valence-corrected chi connectivity index (χ0v) is 39.8. The molecular weight excluding hydrogens is 863 g/mol. The lowest BCUT2D eigenvalue weighted by Crippen LogP contribution is -2.73. The number of aliphatic hydroxyl groups is 3. The Bertz CT molecular complexity index is 3130. The number of nitrogens with zero attached hydrogens (tertiary/aromatic N) is 1. The molecule has 8 N–H and O–H groups in total. The van der Waals surface area contributed by atoms with Crippen LogP contribution < -0.4 is 11.5 Å². The molecular formula is C59H61N3O7. The smallest absolute Gasteiger partial charge is 0.331 e. The van der Waals surface area contributed by atoms with Crippen LogP contribution in [0.25, 0.3) is 6.08 Å². The molecule has 3 spiro atoms. The van der Waals surface area contributed by atoms with E-state index in [4.69, 9.17) is 16.5 Å². The van der Waals surface area contributed by atoms with E-state index in [0.29, 0.717) is 86.5 Å². The zero-order valence-electron chi connectivity index (χ0n) is 39.8. The Morgan fingerprint density at radius 3 is 2.54 bits per heavy atom. The summed E-state index contributed by atoms with van der Waals surface area (Å²) in [6.45, 7) is 5.86. The molecule has 14 rings (SSSR count). The number of carbonyl (C=O) groups excluding carboxylic acids is 2. The molecule has 4 saturated carbocycles. The normalized spacial score (nSPS) is 47.9. The third-order valence-electron chi connectivity index (χ3n) is 22.2. The topological polar surface area (TPSA) is 197 Å². The van der Waals surface area contributed by atoms with Gasteiger partial charge in [-0.3, -0.25) is 9.59 Å². The fourth-order valence-corrected chi connectivity index (χ4v) is 20.4. The number of ketones is 2. The lowest BCUT2D eigenvalue weighted by atomic mass is 9.32. The van der Waals surface area contributed by atoms with E-state index in [9.17, 15) is 19.8 Å². The summed E-state index contributed by atoms with van der Waals surface area (Å²) in [7, 11) is 0. The summed E-state index contributed by atoms with van der Waals surface area (Å²) >= 11 is 0. The first-order valence-corrected chi connectivity index (χ1v) is 25.6. The molecule has 0 aliphatic heterocycles. The summed E-state index contributed by atoms with van der Waals surface area (Å²) in [5.74, 6) is 2.92. The van der Waals surface area contributed by atoms with Crippen LogP contribution in [-0.2, 0) is 20.8 Å². The Kier molecular flexibility index (Phi) is 7.86. The zero-order chi connectivity index (χ0) is 47.8. The van der Waals surface area contributed by atoms with Crippen molar-refractivity contribution in [2.45, 2.75) is 133 Å². The number of Topliss-reactive ketones (excluding diaryl/α,β-unsaturated/α-hetero) is 2. The van der Waals surface area contributed by atoms with Crippen molar-refractivity contribution < 1.29 is 34.8 Å². The van der Waals surface area contributed by atoms with Crippen molar-refractivity contribution >= 4 is 29.6 Å². The van der Waals surface area contributed by atoms with Crippen molar-refractivity contribution in [1.82, 2.24) is 0 Å². The van der Waals surface area contributed by atoms with Gasteiger partial charge in [-0.05, 0) is 128 Å². The van der Waals surface area contributed by atoms with Crippen molar-refractivity contribution in [2.75, 3.05) is 0 Å². The average molecular weight is 924 g/mol. The summed E-state index contributed by atoms with van der Waals surface area (Å²) in [5, 5.41) is 55.6. The highest BCUT2D eigenvalue weighted by molar-refractivity contribution is 6.03. The Hall–Kier alpha value is -5.34. The second-order valence-electron chi connectivity index (χ2n) is 24.2. The van der Waals surface area contributed by atoms with Crippen LogP contribution in [-0.4, -0.2) is 66.3 Å². The Morgan fingerprint density at radius 2 is 1.74 bits per heavy atom. The number of carbonyl (C=O) groups is 3. The van der Waals surface area contributed by atoms with E-state index in [0.717, 1.165) is 34.3 Å². The number of allylic oxidation sites excluding steroid dienone is 6. The number of hydrogen-bond acceptors (Lipinski definition) is 7. The molecule has 10 nitrogen and oxygen atoms in total. The summed E-state index contributed by atoms with van der Waals surface area (Å²) < 4.78 is 0. The van der Waals surface area contributed by atoms with Gasteiger partial charge in [-0.15, -0.1) is 11.8 Å². The standard InChI is InChI=1S/C59H61N3O7/c1-31(49(65)66)37-18-24-53(62-50(60)61)25-26-55-39-13-7-10-21-54(55)30-40(63)44-48-56(67)29-36-28-34-16-17-38(58(37,68)45(39)53)42(34)46(55)59(36,69)57(48,54)22-9-4-8-20-51(2)41(64)19-23-52(44,3)47(51)43(56)35-15-14-32-11-5-6-12-33(32)27-35/h5-7,10-12,17,25-27,29,39,43,45-47,67-69H,9,13-16,18-24,28,30H2,1-3H3,(H,65,66)(H4,60,61,62). The van der Waals surface area contributed by atoms with Crippen molar-refractivity contribution in [3.05, 3.63) is 122 Å². The molecule has 354 valence electrons. The van der Waals surface area contributed by atoms with E-state index in [1.165, 1.54) is 5.56 Å². The number of carboxylic acid groups (broad SMARTS) is 1. The minimum Gasteiger partial charge on any atom is -0.478 e. The van der Waals surface area contributed by atoms with E-state index in [2.05, 4.69) is 86.4 Å². The van der Waals surface area contributed by atoms with Gasteiger partial charge in [0.1, 0.15) is 22.6 Å². The molecule has 0 radical (unpaired) electrons. The van der Waals surface area contributed by atoms with Gasteiger partial charge in [0.15, 0.2) is 11.7 Å². The molecule has 69 heavy (non-hydrogen) atoms. The monoisotopic (exact) mass is 923 g/mol. The predicted molar refractivity (Wildman–Crippen MR) is 259 cm³/mol. The molecule has 13 aliphatic carbocycles. The number of aliphatic imine (C=N–C) groups is 1. The molecule has 0 saturated heterocycles. The number of guanidine groups is 1. The van der Waals surface area contributed by atoms with Crippen LogP contribution >= 0.6 is 0 Å². The average Bonchev–Trinajstić information content (AvgIpc) is 3.69. The number of aryl methyl sites for hydroxylation is 1. The van der Waals surface area contributed by atoms with Gasteiger partial charge in [0.2, 0.25) is 0 Å². The van der Waals surface area contributed by atoms with Crippen molar-refractivity contribution in [1.29, 1.82) is 0 Å². The van der Waals surface area contributed by atoms with Crippen LogP contribution in [0.15, 0.2) is 116 Å². The number of hydrogen-bond donors (Lipinski definition) is 6. The number of aliphatic carboxylic acids is 1. The van der Waals surface area contributed by atoms with Gasteiger partial charge >= 0.3 is 5.97 Å². The second-order valence-corrected chi connectivity index (χ2v) is 24.2. The largest absolute Gasteiger partial charge is 0.478 e. The van der Waals surface area contributed by atoms with Crippen LogP contribution in [0.4, 0.5) is 0 Å². The van der Waals surface area contributed by atoms with E-state index in [-0.39, 0.29) is 42.4 Å². The molecule has 14 atom stereocenters. The SMILES string of the molecule is CC(C(=O)O)=C1CCC2(N=C(N)N)C=CC34C5CC=CCC36CC(=O)C3=C7C8(O)C=C9CC%10=C(C(=CC%10)C1(O)C52)C4C9(O)C76CCC#CCC1(C)C(=O)CCC3(C)C1C8C1=Cc2ccccc2CC1. The van der Waals surface area contributed by atoms with Gasteiger partial charge in [-0.2, -0.15) is 0 Å². The molecule has 1 aromatic rings. The number of fused-ring (bicyclic) bond motifs is 2. The molecule has 0 heterocycles. The number of benzene rings is 1. The van der Waals surface area contributed by atoms with Gasteiger partial charge in [0.05, 0.1) is 5.54 Å². The molecule has 0 aromatic heterocycles. The molecule has 1 aromatic carbocycles. The highest BCUT2D eigenvalue weighted by atomic mass is 16.4. The lowest BCUT2D eigenvalue weighted by Gasteiger charge is -2.71. The molecule has 13 aliphatic rings. The fourth-order valence-electron chi connectivity index (χ4n) is 20.4. The van der Waals surface area contributed by atoms with Crippen molar-refractivity contribution in [2.24, 2.45) is 73.1 Å². The van der Waals surface area contributed by atoms with Crippen LogP contribution in [0.5, 0.6) is 0 Å². The van der Waals surface area contributed by atoms with Crippen molar-refractivity contribution in [3.63, 3.8) is 0 Å². The third-order valence-corrected chi connectivity index (χ3v) is 22.2. The van der Waals surface area contributed by atoms with E-state index >= 15 is 15.0 Å². The maximum absolute atomic E-state index is 16.6. The highest BCUT2D eigenvalue weighted by Crippen LogP contribution is 2.91. The Morgan fingerprint density at radius 1 is 0.928 bits per heavy atom. The third kappa shape index (κ3) is 4.26. The maximum atomic E-state index is 16.6. The summed E-state index contributed by atoms with van der Waals surface area (Å²) in [6, 6.07) is 8.43.